The summed E-state index contributed by atoms with van der Waals surface area (Å²) < 4.78 is 5.26. The number of esters is 1. The van der Waals surface area contributed by atoms with E-state index in [1.807, 2.05) is 37.8 Å². The summed E-state index contributed by atoms with van der Waals surface area (Å²) in [5, 5.41) is 0.906. The Morgan fingerprint density at radius 3 is 2.23 bits per heavy atom. The van der Waals surface area contributed by atoms with E-state index < -0.39 is 5.66 Å². The van der Waals surface area contributed by atoms with Crippen LogP contribution in [0.25, 0.3) is 0 Å². The molecule has 0 fully saturated rings. The maximum absolute atomic E-state index is 13.8. The summed E-state index contributed by atoms with van der Waals surface area (Å²) in [6, 6.07) is 12.2. The zero-order chi connectivity index (χ0) is 26.0. The smallest absolute Gasteiger partial charge is 0.338 e. The van der Waals surface area contributed by atoms with Gasteiger partial charge in [-0.15, -0.1) is 0 Å². The van der Waals surface area contributed by atoms with Crippen molar-refractivity contribution in [3.8, 4) is 0 Å². The number of carbonyl (C=O) groups excluding carboxylic acids is 2. The van der Waals surface area contributed by atoms with Crippen LogP contribution in [0, 0.1) is 5.41 Å². The third kappa shape index (κ3) is 6.65. The summed E-state index contributed by atoms with van der Waals surface area (Å²) in [4.78, 5) is 32.7. The summed E-state index contributed by atoms with van der Waals surface area (Å²) >= 11 is 12.4. The average molecular weight is 517 g/mol. The van der Waals surface area contributed by atoms with Crippen molar-refractivity contribution < 1.29 is 14.3 Å². The van der Waals surface area contributed by atoms with E-state index in [-0.39, 0.29) is 23.3 Å². The highest BCUT2D eigenvalue weighted by Crippen LogP contribution is 2.40. The second kappa shape index (κ2) is 10.7. The molecule has 0 radical (unpaired) electrons. The predicted molar refractivity (Wildman–Crippen MR) is 142 cm³/mol. The maximum Gasteiger partial charge on any atom is 0.338 e. The quantitative estimate of drug-likeness (QED) is 0.341. The first kappa shape index (κ1) is 27.2. The lowest BCUT2D eigenvalue weighted by atomic mass is 9.86. The number of nitrogens with zero attached hydrogens (tertiary/aromatic N) is 2. The molecule has 0 saturated carbocycles. The number of rotatable bonds is 8. The second-order valence-electron chi connectivity index (χ2n) is 10.7. The third-order valence-corrected chi connectivity index (χ3v) is 6.42. The van der Waals surface area contributed by atoms with Crippen LogP contribution in [-0.4, -0.2) is 34.8 Å². The van der Waals surface area contributed by atoms with Gasteiger partial charge in [0.05, 0.1) is 18.2 Å². The molecule has 188 valence electrons. The molecular formula is C28H34Cl2N2O3. The van der Waals surface area contributed by atoms with Crippen LogP contribution in [0.1, 0.15) is 88.3 Å². The Labute approximate surface area is 218 Å². The van der Waals surface area contributed by atoms with Crippen molar-refractivity contribution in [3.63, 3.8) is 0 Å². The van der Waals surface area contributed by atoms with Crippen molar-refractivity contribution in [1.82, 2.24) is 4.90 Å². The SMILES string of the molecule is CCCOC(=O)c1ccc([C@@H](CCC(C)(C)C)N2C(=O)C(c3cc(Cl)cc(Cl)c3)=NC2(C)C)cc1. The predicted octanol–water partition coefficient (Wildman–Crippen LogP) is 7.50. The Balaban J connectivity index is 1.97. The van der Waals surface area contributed by atoms with Gasteiger partial charge >= 0.3 is 5.97 Å². The van der Waals surface area contributed by atoms with Crippen molar-refractivity contribution in [3.05, 3.63) is 69.2 Å². The Kier molecular flexibility index (Phi) is 8.33. The average Bonchev–Trinajstić information content (AvgIpc) is 3.00. The highest BCUT2D eigenvalue weighted by molar-refractivity contribution is 6.47. The van der Waals surface area contributed by atoms with Crippen molar-refractivity contribution in [1.29, 1.82) is 0 Å². The molecule has 0 unspecified atom stereocenters. The van der Waals surface area contributed by atoms with Crippen LogP contribution in [0.15, 0.2) is 47.5 Å². The molecule has 0 bridgehead atoms. The number of benzene rings is 2. The molecule has 35 heavy (non-hydrogen) atoms. The molecule has 1 aliphatic rings. The van der Waals surface area contributed by atoms with Crippen molar-refractivity contribution in [2.75, 3.05) is 6.61 Å². The third-order valence-electron chi connectivity index (χ3n) is 5.98. The number of aliphatic imine (C=N–C) groups is 1. The largest absolute Gasteiger partial charge is 0.462 e. The van der Waals surface area contributed by atoms with E-state index in [2.05, 4.69) is 20.8 Å². The molecule has 2 aromatic rings. The molecule has 1 heterocycles. The summed E-state index contributed by atoms with van der Waals surface area (Å²) in [6.07, 6.45) is 2.42. The Morgan fingerprint density at radius 1 is 1.09 bits per heavy atom. The van der Waals surface area contributed by atoms with Crippen LogP contribution >= 0.6 is 23.2 Å². The summed E-state index contributed by atoms with van der Waals surface area (Å²) in [7, 11) is 0. The van der Waals surface area contributed by atoms with Crippen LogP contribution in [0.5, 0.6) is 0 Å². The van der Waals surface area contributed by atoms with Gasteiger partial charge in [0.25, 0.3) is 5.91 Å². The lowest BCUT2D eigenvalue weighted by molar-refractivity contribution is -0.130. The van der Waals surface area contributed by atoms with Gasteiger partial charge in [-0.05, 0) is 74.4 Å². The lowest BCUT2D eigenvalue weighted by Crippen LogP contribution is -2.45. The van der Waals surface area contributed by atoms with Gasteiger partial charge in [-0.25, -0.2) is 4.79 Å². The molecule has 5 nitrogen and oxygen atoms in total. The van der Waals surface area contributed by atoms with E-state index >= 15 is 0 Å². The van der Waals surface area contributed by atoms with Gasteiger partial charge in [0.2, 0.25) is 0 Å². The minimum absolute atomic E-state index is 0.0826. The molecule has 1 amide bonds. The molecule has 7 heteroatoms. The van der Waals surface area contributed by atoms with Crippen LogP contribution in [0.4, 0.5) is 0 Å². The first-order valence-corrected chi connectivity index (χ1v) is 12.7. The highest BCUT2D eigenvalue weighted by atomic mass is 35.5. The number of amides is 1. The first-order valence-electron chi connectivity index (χ1n) is 12.0. The fourth-order valence-corrected chi connectivity index (χ4v) is 4.80. The second-order valence-corrected chi connectivity index (χ2v) is 11.5. The fraction of sp³-hybridized carbons (Fsp3) is 0.464. The summed E-state index contributed by atoms with van der Waals surface area (Å²) in [5.41, 5.74) is 1.70. The number of hydrogen-bond acceptors (Lipinski definition) is 4. The molecular weight excluding hydrogens is 483 g/mol. The standard InChI is InChI=1S/C28H34Cl2N2O3/c1-7-14-35-26(34)19-10-8-18(9-11-19)23(12-13-27(2,3)4)32-25(33)24(31-28(32,5)6)20-15-21(29)17-22(30)16-20/h8-11,15-17,23H,7,12-14H2,1-6H3/t23-/m1/s1. The van der Waals surface area contributed by atoms with Crippen molar-refractivity contribution in [2.24, 2.45) is 10.4 Å². The van der Waals surface area contributed by atoms with E-state index in [0.717, 1.165) is 24.8 Å². The monoisotopic (exact) mass is 516 g/mol. The fourth-order valence-electron chi connectivity index (χ4n) is 4.27. The van der Waals surface area contributed by atoms with Gasteiger partial charge in [-0.3, -0.25) is 9.79 Å². The number of ether oxygens (including phenoxy) is 1. The molecule has 1 atom stereocenters. The Bertz CT molecular complexity index is 1100. The van der Waals surface area contributed by atoms with Crippen LogP contribution in [0.2, 0.25) is 10.0 Å². The molecule has 0 aromatic heterocycles. The number of carbonyl (C=O) groups is 2. The van der Waals surface area contributed by atoms with Gasteiger partial charge in [-0.1, -0.05) is 63.0 Å². The first-order chi connectivity index (χ1) is 16.3. The number of halogens is 2. The molecule has 0 aliphatic carbocycles. The number of hydrogen-bond donors (Lipinski definition) is 0. The Hall–Kier alpha value is -2.37. The Morgan fingerprint density at radius 2 is 1.69 bits per heavy atom. The van der Waals surface area contributed by atoms with Crippen LogP contribution in [0.3, 0.4) is 0 Å². The van der Waals surface area contributed by atoms with Gasteiger partial charge in [-0.2, -0.15) is 0 Å². The van der Waals surface area contributed by atoms with Gasteiger partial charge in [0, 0.05) is 15.6 Å². The van der Waals surface area contributed by atoms with Crippen LogP contribution in [-0.2, 0) is 9.53 Å². The minimum Gasteiger partial charge on any atom is -0.462 e. The van der Waals surface area contributed by atoms with Gasteiger partial charge in [0.15, 0.2) is 0 Å². The summed E-state index contributed by atoms with van der Waals surface area (Å²) in [6.45, 7) is 12.8. The van der Waals surface area contributed by atoms with E-state index in [4.69, 9.17) is 32.9 Å². The van der Waals surface area contributed by atoms with Crippen molar-refractivity contribution >= 4 is 40.8 Å². The normalized spacial score (nSPS) is 16.3. The molecule has 3 rings (SSSR count). The zero-order valence-corrected chi connectivity index (χ0v) is 22.8. The summed E-state index contributed by atoms with van der Waals surface area (Å²) in [5.74, 6) is -0.510. The topological polar surface area (TPSA) is 59.0 Å². The molecule has 2 aromatic carbocycles. The van der Waals surface area contributed by atoms with E-state index in [1.54, 1.807) is 30.3 Å². The van der Waals surface area contributed by atoms with Crippen LogP contribution < -0.4 is 0 Å². The van der Waals surface area contributed by atoms with Gasteiger partial charge in [0.1, 0.15) is 11.4 Å². The minimum atomic E-state index is -0.775. The zero-order valence-electron chi connectivity index (χ0n) is 21.3. The lowest BCUT2D eigenvalue weighted by Gasteiger charge is -2.38. The molecule has 1 aliphatic heterocycles. The van der Waals surface area contributed by atoms with E-state index in [9.17, 15) is 9.59 Å². The molecule has 0 saturated heterocycles. The molecule has 0 N–H and O–H groups in total. The maximum atomic E-state index is 13.8. The van der Waals surface area contributed by atoms with Crippen molar-refractivity contribution in [2.45, 2.75) is 72.5 Å². The highest BCUT2D eigenvalue weighted by Gasteiger charge is 2.45. The van der Waals surface area contributed by atoms with Gasteiger partial charge < -0.3 is 9.64 Å². The van der Waals surface area contributed by atoms with E-state index in [0.29, 0.717) is 33.5 Å². The molecule has 0 spiro atoms. The van der Waals surface area contributed by atoms with E-state index in [1.165, 1.54) is 0 Å².